The van der Waals surface area contributed by atoms with E-state index >= 15 is 0 Å². The molecule has 4 nitrogen and oxygen atoms in total. The van der Waals surface area contributed by atoms with Gasteiger partial charge in [-0.05, 0) is 37.5 Å². The van der Waals surface area contributed by atoms with E-state index in [1.807, 2.05) is 67.6 Å². The van der Waals surface area contributed by atoms with Gasteiger partial charge in [0.15, 0.2) is 0 Å². The fourth-order valence-electron chi connectivity index (χ4n) is 2.16. The molecular weight excluding hydrogens is 336 g/mol. The van der Waals surface area contributed by atoms with Crippen LogP contribution in [0.4, 0.5) is 0 Å². The number of hydrogen-bond acceptors (Lipinski definition) is 5. The maximum atomic E-state index is 5.56. The molecule has 2 rings (SSSR count). The quantitative estimate of drug-likeness (QED) is 0.348. The number of thiocarbonyl (C=S) groups is 1. The Bertz CT molecular complexity index is 604. The summed E-state index contributed by atoms with van der Waals surface area (Å²) in [5, 5.41) is 0.144. The first kappa shape index (κ1) is 19.4. The Hall–Kier alpha value is -1.95. The van der Waals surface area contributed by atoms with E-state index in [9.17, 15) is 0 Å². The number of ether oxygens (including phenoxy) is 4. The van der Waals surface area contributed by atoms with Crippen LogP contribution in [0.5, 0.6) is 5.75 Å². The van der Waals surface area contributed by atoms with Gasteiger partial charge in [0, 0.05) is 18.8 Å². The van der Waals surface area contributed by atoms with Crippen molar-refractivity contribution in [3.05, 3.63) is 66.2 Å². The summed E-state index contributed by atoms with van der Waals surface area (Å²) >= 11 is 5.10. The molecule has 0 aliphatic heterocycles. The minimum Gasteiger partial charge on any atom is -0.454 e. The Morgan fingerprint density at radius 3 is 2.36 bits per heavy atom. The van der Waals surface area contributed by atoms with Gasteiger partial charge in [0.05, 0.1) is 6.61 Å². The first-order valence-corrected chi connectivity index (χ1v) is 8.78. The third-order valence-corrected chi connectivity index (χ3v) is 3.60. The SMILES string of the molecule is CC(CCCOCOCc1ccccc1)OC(=S)Oc1ccccc1. The zero-order valence-electron chi connectivity index (χ0n) is 14.4. The standard InChI is InChI=1S/C20H24O4S/c1-17(23-20(25)24-19-12-6-3-7-13-19)9-8-14-21-16-22-15-18-10-4-2-5-11-18/h2-7,10-13,17H,8-9,14-16H2,1H3. The van der Waals surface area contributed by atoms with Crippen molar-refractivity contribution in [2.45, 2.75) is 32.5 Å². The highest BCUT2D eigenvalue weighted by Gasteiger charge is 2.08. The van der Waals surface area contributed by atoms with Crippen LogP contribution < -0.4 is 4.74 Å². The van der Waals surface area contributed by atoms with Crippen molar-refractivity contribution in [2.24, 2.45) is 0 Å². The van der Waals surface area contributed by atoms with Crippen molar-refractivity contribution in [1.29, 1.82) is 0 Å². The Morgan fingerprint density at radius 1 is 0.960 bits per heavy atom. The topological polar surface area (TPSA) is 36.9 Å². The molecule has 134 valence electrons. The molecule has 0 saturated heterocycles. The maximum Gasteiger partial charge on any atom is 0.358 e. The van der Waals surface area contributed by atoms with Crippen LogP contribution in [0.15, 0.2) is 60.7 Å². The summed E-state index contributed by atoms with van der Waals surface area (Å²) in [6, 6.07) is 19.4. The highest BCUT2D eigenvalue weighted by atomic mass is 32.1. The van der Waals surface area contributed by atoms with Crippen LogP contribution in [0.25, 0.3) is 0 Å². The van der Waals surface area contributed by atoms with Gasteiger partial charge in [-0.2, -0.15) is 0 Å². The van der Waals surface area contributed by atoms with Crippen LogP contribution in [0.1, 0.15) is 25.3 Å². The van der Waals surface area contributed by atoms with Gasteiger partial charge >= 0.3 is 5.24 Å². The number of benzene rings is 2. The monoisotopic (exact) mass is 360 g/mol. The summed E-state index contributed by atoms with van der Waals surface area (Å²) in [6.45, 7) is 3.44. The van der Waals surface area contributed by atoms with E-state index in [0.29, 0.717) is 25.8 Å². The molecular formula is C20H24O4S. The summed E-state index contributed by atoms with van der Waals surface area (Å²) in [5.41, 5.74) is 1.14. The number of hydrogen-bond donors (Lipinski definition) is 0. The number of rotatable bonds is 10. The zero-order chi connectivity index (χ0) is 17.7. The Kier molecular flexibility index (Phi) is 8.97. The van der Waals surface area contributed by atoms with Crippen molar-refractivity contribution >= 4 is 17.5 Å². The normalized spacial score (nSPS) is 11.7. The molecule has 0 N–H and O–H groups in total. The van der Waals surface area contributed by atoms with Crippen molar-refractivity contribution in [3.63, 3.8) is 0 Å². The van der Waals surface area contributed by atoms with Gasteiger partial charge in [0.2, 0.25) is 0 Å². The molecule has 1 atom stereocenters. The summed E-state index contributed by atoms with van der Waals surface area (Å²) in [6.07, 6.45) is 1.67. The van der Waals surface area contributed by atoms with Crippen LogP contribution >= 0.6 is 12.2 Å². The fourth-order valence-corrected chi connectivity index (χ4v) is 2.42. The highest BCUT2D eigenvalue weighted by Crippen LogP contribution is 2.11. The summed E-state index contributed by atoms with van der Waals surface area (Å²) < 4.78 is 21.9. The zero-order valence-corrected chi connectivity index (χ0v) is 15.2. The molecule has 0 amide bonds. The van der Waals surface area contributed by atoms with E-state index in [1.165, 1.54) is 0 Å². The van der Waals surface area contributed by atoms with Gasteiger partial charge in [-0.15, -0.1) is 0 Å². The first-order chi connectivity index (χ1) is 12.2. The van der Waals surface area contributed by atoms with Crippen LogP contribution in [0.2, 0.25) is 0 Å². The van der Waals surface area contributed by atoms with Gasteiger partial charge < -0.3 is 18.9 Å². The molecule has 25 heavy (non-hydrogen) atoms. The van der Waals surface area contributed by atoms with Gasteiger partial charge in [0.25, 0.3) is 0 Å². The lowest BCUT2D eigenvalue weighted by atomic mass is 10.2. The van der Waals surface area contributed by atoms with Crippen molar-refractivity contribution in [2.75, 3.05) is 13.4 Å². The van der Waals surface area contributed by atoms with Gasteiger partial charge in [-0.3, -0.25) is 0 Å². The highest BCUT2D eigenvalue weighted by molar-refractivity contribution is 7.79. The molecule has 0 aliphatic rings. The number of para-hydroxylation sites is 1. The molecule has 2 aromatic rings. The van der Waals surface area contributed by atoms with E-state index in [0.717, 1.165) is 18.4 Å². The summed E-state index contributed by atoms with van der Waals surface area (Å²) in [7, 11) is 0. The van der Waals surface area contributed by atoms with Crippen molar-refractivity contribution in [1.82, 2.24) is 0 Å². The lowest BCUT2D eigenvalue weighted by Gasteiger charge is -2.15. The minimum atomic E-state index is -0.0231. The van der Waals surface area contributed by atoms with E-state index in [1.54, 1.807) is 0 Å². The summed E-state index contributed by atoms with van der Waals surface area (Å²) in [5.74, 6) is 0.679. The van der Waals surface area contributed by atoms with E-state index < -0.39 is 0 Å². The third-order valence-electron chi connectivity index (χ3n) is 3.42. The van der Waals surface area contributed by atoms with Crippen LogP contribution in [-0.4, -0.2) is 24.7 Å². The summed E-state index contributed by atoms with van der Waals surface area (Å²) in [4.78, 5) is 0. The van der Waals surface area contributed by atoms with Gasteiger partial charge in [-0.25, -0.2) is 0 Å². The molecule has 0 saturated carbocycles. The minimum absolute atomic E-state index is 0.0231. The molecule has 0 aliphatic carbocycles. The Balaban J connectivity index is 1.48. The average molecular weight is 360 g/mol. The molecule has 0 bridgehead atoms. The molecule has 0 fully saturated rings. The lowest BCUT2D eigenvalue weighted by Crippen LogP contribution is -2.18. The Labute approximate surface area is 154 Å². The van der Waals surface area contributed by atoms with Crippen LogP contribution in [0.3, 0.4) is 0 Å². The molecule has 0 radical (unpaired) electrons. The average Bonchev–Trinajstić information content (AvgIpc) is 2.62. The third kappa shape index (κ3) is 8.63. The second-order valence-electron chi connectivity index (χ2n) is 5.60. The van der Waals surface area contributed by atoms with E-state index in [4.69, 9.17) is 31.2 Å². The van der Waals surface area contributed by atoms with Crippen LogP contribution in [0, 0.1) is 0 Å². The predicted molar refractivity (Wildman–Crippen MR) is 101 cm³/mol. The predicted octanol–water partition coefficient (Wildman–Crippen LogP) is 4.73. The van der Waals surface area contributed by atoms with E-state index in [2.05, 4.69) is 0 Å². The second-order valence-corrected chi connectivity index (χ2v) is 5.93. The van der Waals surface area contributed by atoms with Crippen LogP contribution in [-0.2, 0) is 20.8 Å². The van der Waals surface area contributed by atoms with Crippen molar-refractivity contribution < 1.29 is 18.9 Å². The largest absolute Gasteiger partial charge is 0.454 e. The molecule has 2 aromatic carbocycles. The molecule has 5 heteroatoms. The smallest absolute Gasteiger partial charge is 0.358 e. The first-order valence-electron chi connectivity index (χ1n) is 8.37. The van der Waals surface area contributed by atoms with E-state index in [-0.39, 0.29) is 11.3 Å². The lowest BCUT2D eigenvalue weighted by molar-refractivity contribution is -0.0635. The van der Waals surface area contributed by atoms with Gasteiger partial charge in [0.1, 0.15) is 18.6 Å². The fraction of sp³-hybridized carbons (Fsp3) is 0.350. The molecule has 0 spiro atoms. The second kappa shape index (κ2) is 11.6. The van der Waals surface area contributed by atoms with Gasteiger partial charge in [-0.1, -0.05) is 48.5 Å². The molecule has 0 heterocycles. The maximum absolute atomic E-state index is 5.56. The molecule has 1 unspecified atom stereocenters. The van der Waals surface area contributed by atoms with Crippen molar-refractivity contribution in [3.8, 4) is 5.75 Å². The molecule has 0 aromatic heterocycles. The Morgan fingerprint density at radius 2 is 1.64 bits per heavy atom.